The predicted octanol–water partition coefficient (Wildman–Crippen LogP) is 4.68. The number of fused-ring (bicyclic) bond motifs is 1. The van der Waals surface area contributed by atoms with Crippen LogP contribution in [0.15, 0.2) is 54.6 Å². The van der Waals surface area contributed by atoms with Gasteiger partial charge in [-0.1, -0.05) is 63.2 Å². The maximum absolute atomic E-state index is 3.86. The van der Waals surface area contributed by atoms with Gasteiger partial charge in [-0.25, -0.2) is 0 Å². The van der Waals surface area contributed by atoms with Crippen molar-refractivity contribution in [2.45, 2.75) is 52.1 Å². The summed E-state index contributed by atoms with van der Waals surface area (Å²) in [6.07, 6.45) is 3.63. The zero-order valence-corrected chi connectivity index (χ0v) is 16.4. The number of hydrogen-bond donors (Lipinski definition) is 1. The molecule has 1 N–H and O–H groups in total. The van der Waals surface area contributed by atoms with Gasteiger partial charge in [0.25, 0.3) is 0 Å². The van der Waals surface area contributed by atoms with Crippen molar-refractivity contribution in [2.24, 2.45) is 11.3 Å². The molecule has 2 aromatic carbocycles. The second-order valence-corrected chi connectivity index (χ2v) is 9.15. The standard InChI is InChI=1S/C24H32N2/c1-18-15-24(2,3)17-25-23(18)16-26(21-11-5-4-6-12-21)22-13-19-9-7-8-10-20(19)14-22/h4-12,18,22-23,25H,13-17H2,1-3H3. The first-order valence-electron chi connectivity index (χ1n) is 10.1. The molecular formula is C24H32N2. The second-order valence-electron chi connectivity index (χ2n) is 9.15. The largest absolute Gasteiger partial charge is 0.366 e. The van der Waals surface area contributed by atoms with E-state index in [0.29, 0.717) is 23.4 Å². The van der Waals surface area contributed by atoms with Crippen molar-refractivity contribution in [1.29, 1.82) is 0 Å². The lowest BCUT2D eigenvalue weighted by Crippen LogP contribution is -2.54. The number of anilines is 1. The number of nitrogens with one attached hydrogen (secondary N) is 1. The van der Waals surface area contributed by atoms with E-state index in [9.17, 15) is 0 Å². The molecule has 0 spiro atoms. The van der Waals surface area contributed by atoms with E-state index < -0.39 is 0 Å². The lowest BCUT2D eigenvalue weighted by atomic mass is 9.76. The first-order chi connectivity index (χ1) is 12.5. The highest BCUT2D eigenvalue weighted by Crippen LogP contribution is 2.34. The number of piperidine rings is 1. The molecule has 2 nitrogen and oxygen atoms in total. The minimum atomic E-state index is 0.414. The summed E-state index contributed by atoms with van der Waals surface area (Å²) >= 11 is 0. The van der Waals surface area contributed by atoms with E-state index >= 15 is 0 Å². The van der Waals surface area contributed by atoms with Crippen LogP contribution in [0.1, 0.15) is 38.3 Å². The van der Waals surface area contributed by atoms with Gasteiger partial charge >= 0.3 is 0 Å². The second kappa shape index (κ2) is 7.08. The highest BCUT2D eigenvalue weighted by Gasteiger charge is 2.35. The van der Waals surface area contributed by atoms with Gasteiger partial charge in [0, 0.05) is 30.9 Å². The maximum Gasteiger partial charge on any atom is 0.0371 e. The molecule has 138 valence electrons. The first-order valence-corrected chi connectivity index (χ1v) is 10.1. The third-order valence-electron chi connectivity index (χ3n) is 6.36. The molecule has 0 amide bonds. The highest BCUT2D eigenvalue weighted by molar-refractivity contribution is 5.50. The van der Waals surface area contributed by atoms with Gasteiger partial charge in [-0.05, 0) is 53.9 Å². The third kappa shape index (κ3) is 3.66. The van der Waals surface area contributed by atoms with Crippen LogP contribution in [-0.2, 0) is 12.8 Å². The van der Waals surface area contributed by atoms with Crippen molar-refractivity contribution in [3.63, 3.8) is 0 Å². The number of hydrogen-bond acceptors (Lipinski definition) is 2. The Balaban J connectivity index is 1.55. The average Bonchev–Trinajstić information content (AvgIpc) is 3.05. The first kappa shape index (κ1) is 17.6. The molecule has 1 aliphatic heterocycles. The fourth-order valence-corrected chi connectivity index (χ4v) is 4.99. The molecule has 0 saturated carbocycles. The summed E-state index contributed by atoms with van der Waals surface area (Å²) < 4.78 is 0. The molecule has 1 aliphatic carbocycles. The number of rotatable bonds is 4. The van der Waals surface area contributed by atoms with Crippen molar-refractivity contribution >= 4 is 5.69 Å². The van der Waals surface area contributed by atoms with E-state index in [1.807, 2.05) is 0 Å². The summed E-state index contributed by atoms with van der Waals surface area (Å²) in [7, 11) is 0. The monoisotopic (exact) mass is 348 g/mol. The Morgan fingerprint density at radius 3 is 2.19 bits per heavy atom. The van der Waals surface area contributed by atoms with Crippen molar-refractivity contribution in [3.8, 4) is 0 Å². The fourth-order valence-electron chi connectivity index (χ4n) is 4.99. The Hall–Kier alpha value is -1.80. The summed E-state index contributed by atoms with van der Waals surface area (Å²) in [5.74, 6) is 0.703. The van der Waals surface area contributed by atoms with E-state index in [4.69, 9.17) is 0 Å². The number of para-hydroxylation sites is 1. The van der Waals surface area contributed by atoms with Gasteiger partial charge in [-0.3, -0.25) is 0 Å². The van der Waals surface area contributed by atoms with E-state index in [2.05, 4.69) is 85.6 Å². The van der Waals surface area contributed by atoms with E-state index in [1.165, 1.54) is 23.2 Å². The molecule has 2 heteroatoms. The molecule has 2 aromatic rings. The molecule has 1 heterocycles. The molecule has 26 heavy (non-hydrogen) atoms. The highest BCUT2D eigenvalue weighted by atomic mass is 15.2. The Morgan fingerprint density at radius 1 is 0.962 bits per heavy atom. The van der Waals surface area contributed by atoms with Gasteiger partial charge in [-0.15, -0.1) is 0 Å². The molecule has 2 atom stereocenters. The normalized spacial score (nSPS) is 25.0. The van der Waals surface area contributed by atoms with Gasteiger partial charge in [0.1, 0.15) is 0 Å². The molecule has 2 aliphatic rings. The zero-order chi connectivity index (χ0) is 18.1. The lowest BCUT2D eigenvalue weighted by molar-refractivity contribution is 0.163. The third-order valence-corrected chi connectivity index (χ3v) is 6.36. The molecule has 1 fully saturated rings. The van der Waals surface area contributed by atoms with Crippen molar-refractivity contribution in [3.05, 3.63) is 65.7 Å². The molecule has 0 aromatic heterocycles. The zero-order valence-electron chi connectivity index (χ0n) is 16.4. The van der Waals surface area contributed by atoms with Crippen LogP contribution >= 0.6 is 0 Å². The van der Waals surface area contributed by atoms with Crippen LogP contribution in [0.5, 0.6) is 0 Å². The smallest absolute Gasteiger partial charge is 0.0371 e. The van der Waals surface area contributed by atoms with Crippen LogP contribution in [-0.4, -0.2) is 25.2 Å². The van der Waals surface area contributed by atoms with Gasteiger partial charge < -0.3 is 10.2 Å². The Kier molecular flexibility index (Phi) is 4.79. The molecule has 2 unspecified atom stereocenters. The number of benzene rings is 2. The Labute approximate surface area is 158 Å². The van der Waals surface area contributed by atoms with Crippen LogP contribution < -0.4 is 10.2 Å². The van der Waals surface area contributed by atoms with Crippen LogP contribution in [0, 0.1) is 11.3 Å². The van der Waals surface area contributed by atoms with Crippen LogP contribution in [0.25, 0.3) is 0 Å². The fraction of sp³-hybridized carbons (Fsp3) is 0.500. The quantitative estimate of drug-likeness (QED) is 0.863. The molecule has 1 saturated heterocycles. The molecule has 4 rings (SSSR count). The SMILES string of the molecule is CC1CC(C)(C)CNC1CN(c1ccccc1)C1Cc2ccccc2C1. The number of nitrogens with zero attached hydrogens (tertiary/aromatic N) is 1. The van der Waals surface area contributed by atoms with Crippen molar-refractivity contribution in [2.75, 3.05) is 18.0 Å². The molecule has 0 radical (unpaired) electrons. The summed E-state index contributed by atoms with van der Waals surface area (Å²) in [5.41, 5.74) is 4.84. The molecular weight excluding hydrogens is 316 g/mol. The van der Waals surface area contributed by atoms with E-state index in [-0.39, 0.29) is 0 Å². The average molecular weight is 349 g/mol. The maximum atomic E-state index is 3.86. The minimum absolute atomic E-state index is 0.414. The van der Waals surface area contributed by atoms with Crippen molar-refractivity contribution in [1.82, 2.24) is 5.32 Å². The summed E-state index contributed by atoms with van der Waals surface area (Å²) in [4.78, 5) is 2.67. The van der Waals surface area contributed by atoms with E-state index in [0.717, 1.165) is 25.9 Å². The predicted molar refractivity (Wildman–Crippen MR) is 111 cm³/mol. The topological polar surface area (TPSA) is 15.3 Å². The summed E-state index contributed by atoms with van der Waals surface area (Å²) in [5, 5.41) is 3.86. The minimum Gasteiger partial charge on any atom is -0.366 e. The Morgan fingerprint density at radius 2 is 1.58 bits per heavy atom. The van der Waals surface area contributed by atoms with Crippen LogP contribution in [0.4, 0.5) is 5.69 Å². The van der Waals surface area contributed by atoms with Crippen LogP contribution in [0.2, 0.25) is 0 Å². The Bertz CT molecular complexity index is 712. The van der Waals surface area contributed by atoms with E-state index in [1.54, 1.807) is 0 Å². The van der Waals surface area contributed by atoms with Gasteiger partial charge in [0.2, 0.25) is 0 Å². The summed E-state index contributed by atoms with van der Waals surface area (Å²) in [6.45, 7) is 9.41. The van der Waals surface area contributed by atoms with Gasteiger partial charge in [0.15, 0.2) is 0 Å². The lowest BCUT2D eigenvalue weighted by Gasteiger charge is -2.43. The van der Waals surface area contributed by atoms with Gasteiger partial charge in [-0.2, -0.15) is 0 Å². The van der Waals surface area contributed by atoms with Crippen molar-refractivity contribution < 1.29 is 0 Å². The van der Waals surface area contributed by atoms with Gasteiger partial charge in [0.05, 0.1) is 0 Å². The summed E-state index contributed by atoms with van der Waals surface area (Å²) in [6, 6.07) is 21.1. The van der Waals surface area contributed by atoms with Crippen LogP contribution in [0.3, 0.4) is 0 Å². The molecule has 0 bridgehead atoms.